The number of aromatic nitrogens is 2. The Balaban J connectivity index is 2.40. The summed E-state index contributed by atoms with van der Waals surface area (Å²) in [5.74, 6) is 0. The second-order valence-corrected chi connectivity index (χ2v) is 3.36. The van der Waals surface area contributed by atoms with Crippen LogP contribution in [0.3, 0.4) is 0 Å². The molecule has 0 radical (unpaired) electrons. The molecule has 0 unspecified atom stereocenters. The van der Waals surface area contributed by atoms with Crippen LogP contribution in [0.1, 0.15) is 5.69 Å². The summed E-state index contributed by atoms with van der Waals surface area (Å²) in [5.41, 5.74) is 3.20. The number of nitrogens with one attached hydrogen (secondary N) is 1. The number of hydrogen-bond donors (Lipinski definition) is 1. The number of rotatable bonds is 3. The molecule has 1 amide bonds. The summed E-state index contributed by atoms with van der Waals surface area (Å²) in [4.78, 5) is 18.9. The molecular formula is C12H11N3O. The third kappa shape index (κ3) is 2.23. The highest BCUT2D eigenvalue weighted by atomic mass is 16.1. The molecule has 2 aromatic rings. The maximum absolute atomic E-state index is 10.3. The van der Waals surface area contributed by atoms with E-state index in [2.05, 4.69) is 15.3 Å². The third-order valence-electron chi connectivity index (χ3n) is 2.14. The van der Waals surface area contributed by atoms with Crippen LogP contribution in [-0.4, -0.2) is 16.4 Å². The van der Waals surface area contributed by atoms with Crippen molar-refractivity contribution < 1.29 is 4.79 Å². The summed E-state index contributed by atoms with van der Waals surface area (Å²) >= 11 is 0. The number of nitrogens with zero attached hydrogens (tertiary/aromatic N) is 2. The fourth-order valence-electron chi connectivity index (χ4n) is 1.41. The molecule has 0 saturated heterocycles. The van der Waals surface area contributed by atoms with Gasteiger partial charge in [0.2, 0.25) is 6.41 Å². The fourth-order valence-corrected chi connectivity index (χ4v) is 1.41. The topological polar surface area (TPSA) is 54.9 Å². The summed E-state index contributed by atoms with van der Waals surface area (Å²) in [7, 11) is 0. The van der Waals surface area contributed by atoms with Gasteiger partial charge in [0.05, 0.1) is 11.4 Å². The van der Waals surface area contributed by atoms with Gasteiger partial charge >= 0.3 is 0 Å². The van der Waals surface area contributed by atoms with E-state index in [-0.39, 0.29) is 0 Å². The lowest BCUT2D eigenvalue weighted by atomic mass is 10.2. The van der Waals surface area contributed by atoms with Gasteiger partial charge in [-0.15, -0.1) is 0 Å². The van der Waals surface area contributed by atoms with Crippen molar-refractivity contribution in [1.82, 2.24) is 9.97 Å². The highest BCUT2D eigenvalue weighted by molar-refractivity contribution is 5.73. The van der Waals surface area contributed by atoms with Crippen LogP contribution >= 0.6 is 0 Å². The predicted octanol–water partition coefficient (Wildman–Crippen LogP) is 2.02. The summed E-state index contributed by atoms with van der Waals surface area (Å²) in [6.45, 7) is 1.93. The van der Waals surface area contributed by atoms with E-state index in [4.69, 9.17) is 0 Å². The standard InChI is InChI=1S/C12H11N3O/c1-9-3-2-4-11(15-9)12-7-10(14-8-16)5-6-13-12/h2-8H,1H3,(H,13,14,16). The lowest BCUT2D eigenvalue weighted by Gasteiger charge is -2.03. The Morgan fingerprint density at radius 1 is 1.25 bits per heavy atom. The lowest BCUT2D eigenvalue weighted by Crippen LogP contribution is -1.95. The molecule has 0 aliphatic carbocycles. The zero-order chi connectivity index (χ0) is 11.4. The van der Waals surface area contributed by atoms with Crippen molar-refractivity contribution in [1.29, 1.82) is 0 Å². The number of hydrogen-bond acceptors (Lipinski definition) is 3. The number of aryl methyl sites for hydroxylation is 1. The molecule has 0 spiro atoms. The van der Waals surface area contributed by atoms with Gasteiger partial charge in [0.15, 0.2) is 0 Å². The van der Waals surface area contributed by atoms with Gasteiger partial charge in [0, 0.05) is 17.6 Å². The second-order valence-electron chi connectivity index (χ2n) is 3.36. The molecule has 1 N–H and O–H groups in total. The van der Waals surface area contributed by atoms with Gasteiger partial charge in [0.25, 0.3) is 0 Å². The molecule has 2 aromatic heterocycles. The average molecular weight is 213 g/mol. The molecule has 0 aliphatic heterocycles. The summed E-state index contributed by atoms with van der Waals surface area (Å²) in [6.07, 6.45) is 2.29. The molecular weight excluding hydrogens is 202 g/mol. The summed E-state index contributed by atoms with van der Waals surface area (Å²) in [6, 6.07) is 9.26. The fraction of sp³-hybridized carbons (Fsp3) is 0.0833. The summed E-state index contributed by atoms with van der Waals surface area (Å²) < 4.78 is 0. The number of amides is 1. The van der Waals surface area contributed by atoms with Crippen LogP contribution in [0.2, 0.25) is 0 Å². The van der Waals surface area contributed by atoms with Gasteiger partial charge in [-0.25, -0.2) is 0 Å². The molecule has 16 heavy (non-hydrogen) atoms. The van der Waals surface area contributed by atoms with E-state index in [1.807, 2.05) is 25.1 Å². The van der Waals surface area contributed by atoms with Crippen molar-refractivity contribution >= 4 is 12.1 Å². The molecule has 4 nitrogen and oxygen atoms in total. The van der Waals surface area contributed by atoms with Crippen LogP contribution < -0.4 is 5.32 Å². The zero-order valence-electron chi connectivity index (χ0n) is 8.84. The minimum absolute atomic E-state index is 0.642. The van der Waals surface area contributed by atoms with E-state index in [1.165, 1.54) is 0 Å². The van der Waals surface area contributed by atoms with Gasteiger partial charge < -0.3 is 5.32 Å². The Morgan fingerprint density at radius 2 is 2.12 bits per heavy atom. The smallest absolute Gasteiger partial charge is 0.211 e. The molecule has 0 bridgehead atoms. The number of anilines is 1. The molecule has 2 rings (SSSR count). The van der Waals surface area contributed by atoms with Crippen LogP contribution in [0, 0.1) is 6.92 Å². The Kier molecular flexibility index (Phi) is 2.91. The number of pyridine rings is 2. The largest absolute Gasteiger partial charge is 0.329 e. The third-order valence-corrected chi connectivity index (χ3v) is 2.14. The van der Waals surface area contributed by atoms with Gasteiger partial charge in [-0.2, -0.15) is 0 Å². The molecule has 0 atom stereocenters. The van der Waals surface area contributed by atoms with E-state index in [9.17, 15) is 4.79 Å². The average Bonchev–Trinajstić information content (AvgIpc) is 2.30. The van der Waals surface area contributed by atoms with Gasteiger partial charge in [-0.3, -0.25) is 14.8 Å². The van der Waals surface area contributed by atoms with E-state index < -0.39 is 0 Å². The monoisotopic (exact) mass is 213 g/mol. The van der Waals surface area contributed by atoms with Crippen molar-refractivity contribution in [3.05, 3.63) is 42.2 Å². The molecule has 2 heterocycles. The van der Waals surface area contributed by atoms with Crippen molar-refractivity contribution in [3.63, 3.8) is 0 Å². The van der Waals surface area contributed by atoms with Crippen LogP contribution in [0.4, 0.5) is 5.69 Å². The number of carbonyl (C=O) groups excluding carboxylic acids is 1. The van der Waals surface area contributed by atoms with Crippen LogP contribution in [0.25, 0.3) is 11.4 Å². The SMILES string of the molecule is Cc1cccc(-c2cc(NC=O)ccn2)n1. The Labute approximate surface area is 93.4 Å². The van der Waals surface area contributed by atoms with E-state index in [0.29, 0.717) is 12.1 Å². The van der Waals surface area contributed by atoms with Crippen molar-refractivity contribution in [2.45, 2.75) is 6.92 Å². The van der Waals surface area contributed by atoms with E-state index in [1.54, 1.807) is 18.3 Å². The Morgan fingerprint density at radius 3 is 2.88 bits per heavy atom. The number of carbonyl (C=O) groups is 1. The van der Waals surface area contributed by atoms with Crippen molar-refractivity contribution in [2.75, 3.05) is 5.32 Å². The quantitative estimate of drug-likeness (QED) is 0.793. The van der Waals surface area contributed by atoms with Gasteiger partial charge in [-0.05, 0) is 31.2 Å². The van der Waals surface area contributed by atoms with Crippen LogP contribution in [-0.2, 0) is 4.79 Å². The highest BCUT2D eigenvalue weighted by Crippen LogP contribution is 2.17. The first kappa shape index (κ1) is 10.3. The Hall–Kier alpha value is -2.23. The lowest BCUT2D eigenvalue weighted by molar-refractivity contribution is -0.105. The van der Waals surface area contributed by atoms with Crippen LogP contribution in [0.15, 0.2) is 36.5 Å². The molecule has 0 fully saturated rings. The minimum atomic E-state index is 0.642. The molecule has 4 heteroatoms. The second kappa shape index (κ2) is 4.53. The van der Waals surface area contributed by atoms with E-state index in [0.717, 1.165) is 17.1 Å². The maximum Gasteiger partial charge on any atom is 0.211 e. The minimum Gasteiger partial charge on any atom is -0.329 e. The van der Waals surface area contributed by atoms with Gasteiger partial charge in [-0.1, -0.05) is 6.07 Å². The highest BCUT2D eigenvalue weighted by Gasteiger charge is 2.01. The molecule has 0 aliphatic rings. The Bertz CT molecular complexity index is 511. The first-order chi connectivity index (χ1) is 7.79. The van der Waals surface area contributed by atoms with Gasteiger partial charge in [0.1, 0.15) is 0 Å². The first-order valence-corrected chi connectivity index (χ1v) is 4.90. The molecule has 80 valence electrons. The first-order valence-electron chi connectivity index (χ1n) is 4.90. The maximum atomic E-state index is 10.3. The van der Waals surface area contributed by atoms with Crippen molar-refractivity contribution in [2.24, 2.45) is 0 Å². The van der Waals surface area contributed by atoms with Crippen LogP contribution in [0.5, 0.6) is 0 Å². The van der Waals surface area contributed by atoms with Crippen molar-refractivity contribution in [3.8, 4) is 11.4 Å². The molecule has 0 saturated carbocycles. The normalized spacial score (nSPS) is 9.81. The zero-order valence-corrected chi connectivity index (χ0v) is 8.84. The molecule has 0 aromatic carbocycles. The summed E-state index contributed by atoms with van der Waals surface area (Å²) in [5, 5.41) is 2.58. The van der Waals surface area contributed by atoms with E-state index >= 15 is 0 Å². The predicted molar refractivity (Wildman–Crippen MR) is 61.9 cm³/mol.